The lowest BCUT2D eigenvalue weighted by molar-refractivity contribution is -0.146. The lowest BCUT2D eigenvalue weighted by atomic mass is 10.0. The average Bonchev–Trinajstić information content (AvgIpc) is 2.71. The van der Waals surface area contributed by atoms with E-state index >= 15 is 0 Å². The maximum Gasteiger partial charge on any atom is 0.416 e. The fourth-order valence-electron chi connectivity index (χ4n) is 2.70. The highest BCUT2D eigenvalue weighted by Gasteiger charge is 2.32. The molecule has 5 nitrogen and oxygen atoms in total. The van der Waals surface area contributed by atoms with E-state index in [1.54, 1.807) is 0 Å². The third kappa shape index (κ3) is 6.45. The number of alkyl halides is 6. The van der Waals surface area contributed by atoms with Gasteiger partial charge in [0.15, 0.2) is 6.10 Å². The summed E-state index contributed by atoms with van der Waals surface area (Å²) >= 11 is 0. The van der Waals surface area contributed by atoms with Crippen LogP contribution in [0.1, 0.15) is 28.4 Å². The van der Waals surface area contributed by atoms with Crippen LogP contribution in [-0.4, -0.2) is 30.1 Å². The fraction of sp³-hybridized carbons (Fsp3) is 0.300. The summed E-state index contributed by atoms with van der Waals surface area (Å²) in [5.41, 5.74) is -2.05. The van der Waals surface area contributed by atoms with Gasteiger partial charge in [0.2, 0.25) is 0 Å². The van der Waals surface area contributed by atoms with Crippen molar-refractivity contribution in [1.82, 2.24) is 5.32 Å². The summed E-state index contributed by atoms with van der Waals surface area (Å²) in [6, 6.07) is 5.77. The van der Waals surface area contributed by atoms with E-state index in [9.17, 15) is 41.0 Å². The van der Waals surface area contributed by atoms with Crippen LogP contribution in [-0.2, 0) is 33.1 Å². The molecule has 0 aliphatic heterocycles. The van der Waals surface area contributed by atoms with Gasteiger partial charge in [-0.25, -0.2) is 4.79 Å². The predicted molar refractivity (Wildman–Crippen MR) is 95.5 cm³/mol. The highest BCUT2D eigenvalue weighted by molar-refractivity contribution is 5.87. The molecular formula is C20H17F6NO4. The summed E-state index contributed by atoms with van der Waals surface area (Å²) < 4.78 is 81.0. The standard InChI is InChI=1S/C20H17F6NO4/c1-31-18(30)15(10-11-3-2-4-14(9-11)20(24,25)26)27-17(29)16(28)12-5-7-13(8-6-12)19(21,22)23/h2-9,15-16,28H,10H2,1H3,(H,27,29)/t15-,16-/m0/s1. The summed E-state index contributed by atoms with van der Waals surface area (Å²) in [6.45, 7) is 0. The highest BCUT2D eigenvalue weighted by Crippen LogP contribution is 2.31. The molecule has 168 valence electrons. The van der Waals surface area contributed by atoms with Crippen LogP contribution < -0.4 is 5.32 Å². The molecule has 2 rings (SSSR count). The van der Waals surface area contributed by atoms with Crippen molar-refractivity contribution < 1.29 is 45.8 Å². The third-order valence-corrected chi connectivity index (χ3v) is 4.30. The molecule has 31 heavy (non-hydrogen) atoms. The number of benzene rings is 2. The quantitative estimate of drug-likeness (QED) is 0.522. The minimum Gasteiger partial charge on any atom is -0.467 e. The molecular weight excluding hydrogens is 432 g/mol. The molecule has 0 aliphatic rings. The van der Waals surface area contributed by atoms with Crippen LogP contribution >= 0.6 is 0 Å². The van der Waals surface area contributed by atoms with Crippen molar-refractivity contribution in [3.05, 3.63) is 70.8 Å². The first-order chi connectivity index (χ1) is 14.3. The third-order valence-electron chi connectivity index (χ3n) is 4.30. The van der Waals surface area contributed by atoms with Crippen LogP contribution in [0.4, 0.5) is 26.3 Å². The normalized spacial score (nSPS) is 13.9. The number of aliphatic hydroxyl groups excluding tert-OH is 1. The van der Waals surface area contributed by atoms with Crippen molar-refractivity contribution in [2.75, 3.05) is 7.11 Å². The fourth-order valence-corrected chi connectivity index (χ4v) is 2.70. The van der Waals surface area contributed by atoms with Crippen molar-refractivity contribution in [3.8, 4) is 0 Å². The Morgan fingerprint density at radius 3 is 2.06 bits per heavy atom. The first kappa shape index (κ1) is 24.2. The first-order valence-corrected chi connectivity index (χ1v) is 8.72. The van der Waals surface area contributed by atoms with Gasteiger partial charge < -0.3 is 15.2 Å². The Balaban J connectivity index is 2.17. The van der Waals surface area contributed by atoms with E-state index < -0.39 is 47.5 Å². The minimum atomic E-state index is -4.61. The molecule has 1 amide bonds. The van der Waals surface area contributed by atoms with Crippen molar-refractivity contribution >= 4 is 11.9 Å². The summed E-state index contributed by atoms with van der Waals surface area (Å²) in [5.74, 6) is -2.12. The van der Waals surface area contributed by atoms with Crippen LogP contribution in [0.2, 0.25) is 0 Å². The Kier molecular flexibility index (Phi) is 7.32. The van der Waals surface area contributed by atoms with Gasteiger partial charge in [-0.05, 0) is 29.3 Å². The zero-order chi connectivity index (χ0) is 23.4. The van der Waals surface area contributed by atoms with E-state index in [1.165, 1.54) is 6.07 Å². The lowest BCUT2D eigenvalue weighted by Crippen LogP contribution is -2.45. The zero-order valence-electron chi connectivity index (χ0n) is 15.9. The van der Waals surface area contributed by atoms with E-state index in [-0.39, 0.29) is 17.5 Å². The molecule has 0 aliphatic carbocycles. The summed E-state index contributed by atoms with van der Waals surface area (Å²) in [4.78, 5) is 24.3. The number of hydrogen-bond donors (Lipinski definition) is 2. The molecule has 2 aromatic rings. The number of rotatable bonds is 6. The van der Waals surface area contributed by atoms with Gasteiger partial charge in [-0.3, -0.25) is 4.79 Å². The SMILES string of the molecule is COC(=O)[C@H](Cc1cccc(C(F)(F)F)c1)NC(=O)[C@@H](O)c1ccc(C(F)(F)F)cc1. The van der Waals surface area contributed by atoms with E-state index in [4.69, 9.17) is 0 Å². The highest BCUT2D eigenvalue weighted by atomic mass is 19.4. The predicted octanol–water partition coefficient (Wildman–Crippen LogP) is 3.66. The smallest absolute Gasteiger partial charge is 0.416 e. The molecule has 0 saturated carbocycles. The number of halogens is 6. The second-order valence-corrected chi connectivity index (χ2v) is 6.51. The molecule has 0 unspecified atom stereocenters. The van der Waals surface area contributed by atoms with Crippen molar-refractivity contribution in [1.29, 1.82) is 0 Å². The summed E-state index contributed by atoms with van der Waals surface area (Å²) in [6.07, 6.45) is -11.5. The Morgan fingerprint density at radius 1 is 0.968 bits per heavy atom. The largest absolute Gasteiger partial charge is 0.467 e. The molecule has 0 aromatic heterocycles. The molecule has 2 atom stereocenters. The summed E-state index contributed by atoms with van der Waals surface area (Å²) in [7, 11) is 1.000. The maximum absolute atomic E-state index is 12.9. The number of methoxy groups -OCH3 is 1. The van der Waals surface area contributed by atoms with Gasteiger partial charge in [0, 0.05) is 6.42 Å². The number of aliphatic hydroxyl groups is 1. The van der Waals surface area contributed by atoms with Crippen LogP contribution in [0.25, 0.3) is 0 Å². The molecule has 0 bridgehead atoms. The van der Waals surface area contributed by atoms with E-state index in [0.29, 0.717) is 12.1 Å². The monoisotopic (exact) mass is 449 g/mol. The second kappa shape index (κ2) is 9.38. The Bertz CT molecular complexity index is 925. The van der Waals surface area contributed by atoms with Crippen molar-refractivity contribution in [2.24, 2.45) is 0 Å². The van der Waals surface area contributed by atoms with Gasteiger partial charge in [-0.1, -0.05) is 30.3 Å². The Labute approximate surface area is 172 Å². The summed E-state index contributed by atoms with van der Waals surface area (Å²) in [5, 5.41) is 12.3. The van der Waals surface area contributed by atoms with Crippen LogP contribution in [0, 0.1) is 0 Å². The van der Waals surface area contributed by atoms with Gasteiger partial charge in [0.05, 0.1) is 18.2 Å². The van der Waals surface area contributed by atoms with E-state index in [2.05, 4.69) is 10.1 Å². The number of carbonyl (C=O) groups is 2. The zero-order valence-corrected chi connectivity index (χ0v) is 15.9. The first-order valence-electron chi connectivity index (χ1n) is 8.72. The molecule has 0 spiro atoms. The Hall–Kier alpha value is -3.08. The number of esters is 1. The van der Waals surface area contributed by atoms with Crippen molar-refractivity contribution in [3.63, 3.8) is 0 Å². The molecule has 0 fully saturated rings. The Morgan fingerprint density at radius 2 is 1.55 bits per heavy atom. The molecule has 0 saturated heterocycles. The molecule has 0 radical (unpaired) electrons. The number of nitrogens with one attached hydrogen (secondary N) is 1. The molecule has 11 heteroatoms. The number of hydrogen-bond acceptors (Lipinski definition) is 4. The lowest BCUT2D eigenvalue weighted by Gasteiger charge is -2.20. The number of ether oxygens (including phenoxy) is 1. The average molecular weight is 449 g/mol. The van der Waals surface area contributed by atoms with Gasteiger partial charge in [0.1, 0.15) is 6.04 Å². The maximum atomic E-state index is 12.9. The van der Waals surface area contributed by atoms with Gasteiger partial charge >= 0.3 is 18.3 Å². The molecule has 0 heterocycles. The number of carbonyl (C=O) groups excluding carboxylic acids is 2. The van der Waals surface area contributed by atoms with Crippen LogP contribution in [0.5, 0.6) is 0 Å². The van der Waals surface area contributed by atoms with Crippen LogP contribution in [0.3, 0.4) is 0 Å². The molecule has 2 N–H and O–H groups in total. The van der Waals surface area contributed by atoms with Gasteiger partial charge in [0.25, 0.3) is 5.91 Å². The van der Waals surface area contributed by atoms with Crippen molar-refractivity contribution in [2.45, 2.75) is 30.9 Å². The topological polar surface area (TPSA) is 75.6 Å². The minimum absolute atomic E-state index is 0.0644. The molecule has 2 aromatic carbocycles. The van der Waals surface area contributed by atoms with Crippen LogP contribution in [0.15, 0.2) is 48.5 Å². The number of amides is 1. The van der Waals surface area contributed by atoms with Gasteiger partial charge in [-0.2, -0.15) is 26.3 Å². The van der Waals surface area contributed by atoms with E-state index in [0.717, 1.165) is 37.4 Å². The second-order valence-electron chi connectivity index (χ2n) is 6.51. The van der Waals surface area contributed by atoms with E-state index in [1.807, 2.05) is 0 Å². The van der Waals surface area contributed by atoms with Gasteiger partial charge in [-0.15, -0.1) is 0 Å².